The normalized spacial score (nSPS) is 15.8. The van der Waals surface area contributed by atoms with E-state index < -0.39 is 4.92 Å². The summed E-state index contributed by atoms with van der Waals surface area (Å²) < 4.78 is 8.84. The van der Waals surface area contributed by atoms with E-state index in [2.05, 4.69) is 160 Å². The molecule has 0 bridgehead atoms. The Morgan fingerprint density at radius 3 is 1.26 bits per heavy atom. The minimum absolute atomic E-state index is 0.000602. The van der Waals surface area contributed by atoms with E-state index in [1.807, 2.05) is 38.3 Å². The van der Waals surface area contributed by atoms with E-state index in [1.165, 1.54) is 49.4 Å². The Labute approximate surface area is 574 Å². The number of hydrogen-bond acceptors (Lipinski definition) is 29. The van der Waals surface area contributed by atoms with Gasteiger partial charge in [0.2, 0.25) is 0 Å². The van der Waals surface area contributed by atoms with Crippen molar-refractivity contribution < 1.29 is 9.85 Å². The standard InChI is InChI=1S/C20H22N8O2S2.C20H24N8S2.C13H20N6S.C7H3ClN2O2S/c1-2-15(19-22-23-24-27(19)13-14-5-4-12-31-14)25-8-10-26(11-9-25)20-21-18-16(28(29)30)6-3-7-17(18)32-20;1-2-16(19-23-24-25-28(19)13-14-5-4-12-29-14)26-8-10-27(11-9-26)20-22-18-15(21)6-3-7-17(18)30-20;1-2-12(18-7-5-14-6-8-18)13-15-16-17-19(13)10-11-4-3-9-20-11;8-7-9-6-4(10(11)12)2-1-3-5(6)13-7/h3-7,12,15H,2,8-11,13H2,1H3;3-7,12,16H,2,8-11,13,21H2,1H3;3-4,9,12,14H,2,5-8,10H2,1H3;1-3H. The summed E-state index contributed by atoms with van der Waals surface area (Å²) >= 11 is 15.3. The predicted molar refractivity (Wildman–Crippen MR) is 376 cm³/mol. The second-order valence-corrected chi connectivity index (χ2v) is 29.1. The molecule has 9 aromatic heterocycles. The lowest BCUT2D eigenvalue weighted by Gasteiger charge is -2.38. The number of halogens is 1. The number of piperazine rings is 3. The van der Waals surface area contributed by atoms with Crippen LogP contribution in [0.25, 0.3) is 30.6 Å². The molecule has 12 aromatic rings. The number of nitrogens with two attached hydrogens (primary N) is 1. The Kier molecular flexibility index (Phi) is 22.3. The molecule has 3 saturated heterocycles. The summed E-state index contributed by atoms with van der Waals surface area (Å²) in [6, 6.07) is 29.1. The molecule has 12 heterocycles. The smallest absolute Gasteiger partial charge is 0.296 e. The van der Waals surface area contributed by atoms with Crippen LogP contribution in [0.4, 0.5) is 27.3 Å². The molecule has 0 radical (unpaired) electrons. The largest absolute Gasteiger partial charge is 0.397 e. The third-order valence-electron chi connectivity index (χ3n) is 16.6. The van der Waals surface area contributed by atoms with Crippen LogP contribution in [0.5, 0.6) is 0 Å². The third kappa shape index (κ3) is 15.9. The van der Waals surface area contributed by atoms with Crippen LogP contribution in [0, 0.1) is 20.2 Å². The first-order chi connectivity index (χ1) is 46.4. The van der Waals surface area contributed by atoms with Crippen molar-refractivity contribution in [3.8, 4) is 0 Å². The molecule has 0 saturated carbocycles. The van der Waals surface area contributed by atoms with Gasteiger partial charge >= 0.3 is 0 Å². The first-order valence-corrected chi connectivity index (χ1v) is 36.6. The number of fused-ring (bicyclic) bond motifs is 3. The summed E-state index contributed by atoms with van der Waals surface area (Å²) in [4.78, 5) is 50.1. The van der Waals surface area contributed by atoms with Crippen LogP contribution in [-0.2, 0) is 19.6 Å². The molecule has 15 rings (SSSR count). The molecular weight excluding hydrogens is 1350 g/mol. The quantitative estimate of drug-likeness (QED) is 0.0432. The first-order valence-electron chi connectivity index (χ1n) is 31.1. The number of para-hydroxylation sites is 3. The molecule has 0 amide bonds. The van der Waals surface area contributed by atoms with E-state index in [9.17, 15) is 20.2 Å². The lowest BCUT2D eigenvalue weighted by atomic mass is 10.1. The van der Waals surface area contributed by atoms with Gasteiger partial charge in [0.05, 0.1) is 67.4 Å². The second-order valence-electron chi connectivity index (χ2n) is 22.3. The predicted octanol–water partition coefficient (Wildman–Crippen LogP) is 10.8. The maximum atomic E-state index is 11.3. The number of thiophene rings is 3. The zero-order valence-electron chi connectivity index (χ0n) is 52.2. The molecule has 28 nitrogen and oxygen atoms in total. The number of thiazole rings is 3. The highest BCUT2D eigenvalue weighted by Crippen LogP contribution is 2.37. The number of rotatable bonds is 19. The maximum absolute atomic E-state index is 11.3. The van der Waals surface area contributed by atoms with Gasteiger partial charge in [-0.1, -0.05) is 91.4 Å². The van der Waals surface area contributed by atoms with Crippen molar-refractivity contribution >= 4 is 138 Å². The molecule has 95 heavy (non-hydrogen) atoms. The Bertz CT molecular complexity index is 4400. The average Bonchev–Trinajstić information content (AvgIpc) is 1.71. The summed E-state index contributed by atoms with van der Waals surface area (Å²) in [5.74, 6) is 2.83. The third-order valence-corrected chi connectivity index (χ3v) is 22.5. The van der Waals surface area contributed by atoms with Gasteiger partial charge in [0.1, 0.15) is 5.52 Å². The molecule has 3 fully saturated rings. The average molecular weight is 1420 g/mol. The summed E-state index contributed by atoms with van der Waals surface area (Å²) in [5.41, 5.74) is 8.65. The number of nitrogens with zero attached hydrogens (tertiary/aromatic N) is 22. The minimum atomic E-state index is -0.460. The zero-order chi connectivity index (χ0) is 65.8. The van der Waals surface area contributed by atoms with Gasteiger partial charge in [-0.2, -0.15) is 0 Å². The van der Waals surface area contributed by atoms with E-state index >= 15 is 0 Å². The monoisotopic (exact) mass is 1420 g/mol. The highest BCUT2D eigenvalue weighted by molar-refractivity contribution is 7.23. The maximum Gasteiger partial charge on any atom is 0.296 e. The lowest BCUT2D eigenvalue weighted by molar-refractivity contribution is -0.383. The van der Waals surface area contributed by atoms with E-state index in [0.717, 1.165) is 164 Å². The van der Waals surface area contributed by atoms with Crippen molar-refractivity contribution in [3.63, 3.8) is 0 Å². The van der Waals surface area contributed by atoms with Crippen LogP contribution < -0.4 is 20.9 Å². The van der Waals surface area contributed by atoms with Crippen molar-refractivity contribution in [3.05, 3.63) is 164 Å². The van der Waals surface area contributed by atoms with E-state index in [-0.39, 0.29) is 28.4 Å². The number of non-ortho nitro benzene ring substituents is 2. The number of benzene rings is 3. The van der Waals surface area contributed by atoms with Crippen LogP contribution in [0.3, 0.4) is 0 Å². The molecule has 35 heteroatoms. The Morgan fingerprint density at radius 2 is 0.874 bits per heavy atom. The fourth-order valence-corrected chi connectivity index (χ4v) is 17.1. The summed E-state index contributed by atoms with van der Waals surface area (Å²) in [7, 11) is 0. The van der Waals surface area contributed by atoms with Crippen LogP contribution in [-0.4, -0.2) is 179 Å². The topological polar surface area (TPSA) is 310 Å². The van der Waals surface area contributed by atoms with Gasteiger partial charge in [-0.3, -0.25) is 34.9 Å². The number of anilines is 3. The molecule has 3 aliphatic heterocycles. The molecule has 0 spiro atoms. The van der Waals surface area contributed by atoms with Crippen LogP contribution in [0.15, 0.2) is 107 Å². The molecule has 3 aliphatic rings. The van der Waals surface area contributed by atoms with Gasteiger partial charge < -0.3 is 20.9 Å². The zero-order valence-corrected chi connectivity index (χ0v) is 57.9. The number of nitro benzene ring substituents is 2. The van der Waals surface area contributed by atoms with Gasteiger partial charge in [-0.05, 0) is 109 Å². The van der Waals surface area contributed by atoms with Gasteiger partial charge in [0, 0.05) is 105 Å². The summed E-state index contributed by atoms with van der Waals surface area (Å²) in [6.45, 7) is 20.0. The van der Waals surface area contributed by atoms with Crippen molar-refractivity contribution in [1.82, 2.24) is 95.6 Å². The SMILES string of the molecule is CCC(c1nnnn1Cc1cccs1)N1CCN(c2nc3c(N)cccc3s2)CC1.CCC(c1nnnn1Cc1cccs1)N1CCN(c2nc3c([N+](=O)[O-])cccc3s2)CC1.CCC(c1nnnn1Cc1cccs1)N1CCNCC1.O=[N+]([O-])c1cccc2sc(Cl)nc12. The molecule has 496 valence electrons. The van der Waals surface area contributed by atoms with Crippen molar-refractivity contribution in [2.24, 2.45) is 0 Å². The number of nitrogens with one attached hydrogen (secondary N) is 1. The fraction of sp³-hybridized carbons (Fsp3) is 0.400. The van der Waals surface area contributed by atoms with Crippen molar-refractivity contribution in [2.45, 2.75) is 77.8 Å². The van der Waals surface area contributed by atoms with Gasteiger partial charge in [0.25, 0.3) is 11.4 Å². The Hall–Kier alpha value is -8.03. The van der Waals surface area contributed by atoms with Crippen LogP contribution >= 0.6 is 79.6 Å². The van der Waals surface area contributed by atoms with E-state index in [0.29, 0.717) is 28.1 Å². The number of nitrogen functional groups attached to an aromatic ring is 1. The van der Waals surface area contributed by atoms with Crippen LogP contribution in [0.2, 0.25) is 4.47 Å². The van der Waals surface area contributed by atoms with Gasteiger partial charge in [-0.25, -0.2) is 29.0 Å². The Balaban J connectivity index is 0.000000127. The van der Waals surface area contributed by atoms with E-state index in [1.54, 1.807) is 63.5 Å². The molecule has 3 aromatic carbocycles. The van der Waals surface area contributed by atoms with Gasteiger partial charge in [-0.15, -0.1) is 60.6 Å². The van der Waals surface area contributed by atoms with Crippen LogP contribution in [0.1, 0.15) is 90.3 Å². The first kappa shape index (κ1) is 67.0. The minimum Gasteiger partial charge on any atom is -0.397 e. The number of nitro groups is 2. The molecular formula is C60H69ClN24O4S6. The van der Waals surface area contributed by atoms with E-state index in [4.69, 9.17) is 22.3 Å². The fourth-order valence-electron chi connectivity index (χ4n) is 11.9. The Morgan fingerprint density at radius 1 is 0.495 bits per heavy atom. The van der Waals surface area contributed by atoms with Crippen molar-refractivity contribution in [1.29, 1.82) is 0 Å². The summed E-state index contributed by atoms with van der Waals surface area (Å²) in [6.07, 6.45) is 2.92. The molecule has 0 aliphatic carbocycles. The van der Waals surface area contributed by atoms with Crippen molar-refractivity contribution in [2.75, 3.05) is 94.1 Å². The molecule has 3 unspecified atom stereocenters. The lowest BCUT2D eigenvalue weighted by Crippen LogP contribution is -2.48. The number of tetrazole rings is 3. The second kappa shape index (κ2) is 31.7. The molecule has 3 atom stereocenters. The van der Waals surface area contributed by atoms with Gasteiger partial charge in [0.15, 0.2) is 43.2 Å². The number of aromatic nitrogens is 15. The highest BCUT2D eigenvalue weighted by atomic mass is 35.5. The molecule has 3 N–H and O–H groups in total. The number of hydrogen-bond donors (Lipinski definition) is 2. The highest BCUT2D eigenvalue weighted by Gasteiger charge is 2.32. The summed E-state index contributed by atoms with van der Waals surface area (Å²) in [5, 5.41) is 70.9.